The molecule has 4 heteroatoms. The number of aryl methyl sites for hydroxylation is 1. The number of imidazole rings is 1. The van der Waals surface area contributed by atoms with Crippen molar-refractivity contribution in [2.45, 2.75) is 26.2 Å². The van der Waals surface area contributed by atoms with Crippen LogP contribution in [0, 0.1) is 5.92 Å². The largest absolute Gasteiger partial charge is 0.342 e. The van der Waals surface area contributed by atoms with Crippen LogP contribution in [0.25, 0.3) is 11.0 Å². The summed E-state index contributed by atoms with van der Waals surface area (Å²) in [5.74, 6) is 1.91. The normalized spacial score (nSPS) is 16.5. The van der Waals surface area contributed by atoms with Gasteiger partial charge in [-0.3, -0.25) is 0 Å². The number of fused-ring (bicyclic) bond motifs is 1. The Bertz CT molecular complexity index is 583. The molecule has 2 aromatic rings. The lowest BCUT2D eigenvalue weighted by Crippen LogP contribution is -2.37. The van der Waals surface area contributed by atoms with Crippen molar-refractivity contribution < 1.29 is 0 Å². The second kappa shape index (κ2) is 6.48. The van der Waals surface area contributed by atoms with Crippen LogP contribution in [0.1, 0.15) is 26.2 Å². The molecule has 0 amide bonds. The summed E-state index contributed by atoms with van der Waals surface area (Å²) in [5, 5.41) is 3.45. The van der Waals surface area contributed by atoms with Gasteiger partial charge in [-0.15, -0.1) is 0 Å². The van der Waals surface area contributed by atoms with E-state index in [1.165, 1.54) is 18.4 Å². The number of para-hydroxylation sites is 2. The first-order valence-electron chi connectivity index (χ1n) is 8.16. The summed E-state index contributed by atoms with van der Waals surface area (Å²) >= 11 is 0. The lowest BCUT2D eigenvalue weighted by molar-refractivity contribution is 0.371. The molecule has 114 valence electrons. The molecule has 1 aromatic heterocycles. The van der Waals surface area contributed by atoms with E-state index in [9.17, 15) is 0 Å². The number of rotatable bonds is 5. The number of piperidine rings is 1. The molecule has 1 N–H and O–H groups in total. The summed E-state index contributed by atoms with van der Waals surface area (Å²) in [7, 11) is 2.13. The van der Waals surface area contributed by atoms with E-state index in [0.29, 0.717) is 0 Å². The average molecular weight is 286 g/mol. The monoisotopic (exact) mass is 286 g/mol. The minimum absolute atomic E-state index is 0.789. The summed E-state index contributed by atoms with van der Waals surface area (Å²) in [5.41, 5.74) is 2.32. The van der Waals surface area contributed by atoms with Gasteiger partial charge in [0.1, 0.15) is 0 Å². The van der Waals surface area contributed by atoms with Crippen molar-refractivity contribution in [1.82, 2.24) is 14.9 Å². The fourth-order valence-electron chi connectivity index (χ4n) is 3.33. The highest BCUT2D eigenvalue weighted by Gasteiger charge is 2.20. The lowest BCUT2D eigenvalue weighted by Gasteiger charge is -2.30. The Morgan fingerprint density at radius 1 is 1.29 bits per heavy atom. The van der Waals surface area contributed by atoms with Crippen LogP contribution < -0.4 is 10.2 Å². The molecule has 0 unspecified atom stereocenters. The maximum Gasteiger partial charge on any atom is 0.206 e. The van der Waals surface area contributed by atoms with Crippen molar-refractivity contribution in [2.75, 3.05) is 31.1 Å². The van der Waals surface area contributed by atoms with Gasteiger partial charge in [0.15, 0.2) is 0 Å². The molecule has 0 bridgehead atoms. The molecular weight excluding hydrogens is 260 g/mol. The van der Waals surface area contributed by atoms with Crippen LogP contribution in [0.5, 0.6) is 0 Å². The van der Waals surface area contributed by atoms with Gasteiger partial charge in [-0.2, -0.15) is 0 Å². The zero-order valence-corrected chi connectivity index (χ0v) is 13.2. The highest BCUT2D eigenvalue weighted by molar-refractivity contribution is 5.78. The minimum atomic E-state index is 0.789. The second-order valence-corrected chi connectivity index (χ2v) is 6.10. The van der Waals surface area contributed by atoms with E-state index in [1.807, 2.05) is 0 Å². The van der Waals surface area contributed by atoms with E-state index >= 15 is 0 Å². The van der Waals surface area contributed by atoms with Crippen molar-refractivity contribution in [3.8, 4) is 0 Å². The predicted molar refractivity (Wildman–Crippen MR) is 88.8 cm³/mol. The number of nitrogens with one attached hydrogen (secondary N) is 1. The van der Waals surface area contributed by atoms with Crippen LogP contribution >= 0.6 is 0 Å². The number of anilines is 1. The van der Waals surface area contributed by atoms with Gasteiger partial charge in [0.25, 0.3) is 0 Å². The van der Waals surface area contributed by atoms with Crippen LogP contribution in [-0.2, 0) is 7.05 Å². The minimum Gasteiger partial charge on any atom is -0.342 e. The zero-order valence-electron chi connectivity index (χ0n) is 13.2. The van der Waals surface area contributed by atoms with Crippen LogP contribution in [0.15, 0.2) is 24.3 Å². The van der Waals surface area contributed by atoms with Gasteiger partial charge in [-0.25, -0.2) is 4.98 Å². The molecule has 1 saturated heterocycles. The molecule has 3 rings (SSSR count). The number of aromatic nitrogens is 2. The fraction of sp³-hybridized carbons (Fsp3) is 0.588. The molecule has 0 radical (unpaired) electrons. The van der Waals surface area contributed by atoms with E-state index in [-0.39, 0.29) is 0 Å². The maximum atomic E-state index is 4.87. The third-order valence-corrected chi connectivity index (χ3v) is 4.48. The Morgan fingerprint density at radius 2 is 2.05 bits per heavy atom. The molecule has 1 fully saturated rings. The van der Waals surface area contributed by atoms with E-state index in [1.54, 1.807) is 0 Å². The molecule has 1 aliphatic rings. The molecule has 1 aromatic carbocycles. The number of benzene rings is 1. The predicted octanol–water partition coefficient (Wildman–Crippen LogP) is 2.79. The SMILES string of the molecule is CCCN(CC1CCNCC1)c1nc2ccccc2n1C. The Balaban J connectivity index is 1.85. The second-order valence-electron chi connectivity index (χ2n) is 6.10. The van der Waals surface area contributed by atoms with E-state index in [4.69, 9.17) is 4.98 Å². The summed E-state index contributed by atoms with van der Waals surface area (Å²) < 4.78 is 2.24. The van der Waals surface area contributed by atoms with Crippen molar-refractivity contribution >= 4 is 17.0 Å². The van der Waals surface area contributed by atoms with Gasteiger partial charge < -0.3 is 14.8 Å². The van der Waals surface area contributed by atoms with Crippen molar-refractivity contribution in [2.24, 2.45) is 13.0 Å². The Morgan fingerprint density at radius 3 is 2.76 bits per heavy atom. The topological polar surface area (TPSA) is 33.1 Å². The summed E-state index contributed by atoms with van der Waals surface area (Å²) in [6, 6.07) is 8.41. The van der Waals surface area contributed by atoms with Gasteiger partial charge in [0.05, 0.1) is 11.0 Å². The van der Waals surface area contributed by atoms with E-state index < -0.39 is 0 Å². The summed E-state index contributed by atoms with van der Waals surface area (Å²) in [6.45, 7) is 6.78. The maximum absolute atomic E-state index is 4.87. The molecule has 2 heterocycles. The number of hydrogen-bond donors (Lipinski definition) is 1. The average Bonchev–Trinajstić information content (AvgIpc) is 2.85. The first-order chi connectivity index (χ1) is 10.3. The smallest absolute Gasteiger partial charge is 0.206 e. The third kappa shape index (κ3) is 3.05. The van der Waals surface area contributed by atoms with Crippen molar-refractivity contribution in [1.29, 1.82) is 0 Å². The molecule has 0 spiro atoms. The van der Waals surface area contributed by atoms with Gasteiger partial charge in [-0.05, 0) is 50.4 Å². The third-order valence-electron chi connectivity index (χ3n) is 4.48. The van der Waals surface area contributed by atoms with E-state index in [0.717, 1.165) is 50.0 Å². The highest BCUT2D eigenvalue weighted by Crippen LogP contribution is 2.23. The van der Waals surface area contributed by atoms with Gasteiger partial charge in [-0.1, -0.05) is 19.1 Å². The standard InChI is InChI=1S/C17H26N4/c1-3-12-21(13-14-8-10-18-11-9-14)17-19-15-6-4-5-7-16(15)20(17)2/h4-7,14,18H,3,8-13H2,1-2H3. The molecular formula is C17H26N4. The highest BCUT2D eigenvalue weighted by atomic mass is 15.3. The van der Waals surface area contributed by atoms with Gasteiger partial charge in [0, 0.05) is 20.1 Å². The molecule has 0 aliphatic carbocycles. The summed E-state index contributed by atoms with van der Waals surface area (Å²) in [4.78, 5) is 7.35. The van der Waals surface area contributed by atoms with Crippen molar-refractivity contribution in [3.05, 3.63) is 24.3 Å². The van der Waals surface area contributed by atoms with Crippen LogP contribution in [0.4, 0.5) is 5.95 Å². The van der Waals surface area contributed by atoms with Crippen LogP contribution in [0.2, 0.25) is 0 Å². The zero-order chi connectivity index (χ0) is 14.7. The molecule has 21 heavy (non-hydrogen) atoms. The Hall–Kier alpha value is -1.55. The van der Waals surface area contributed by atoms with Crippen molar-refractivity contribution in [3.63, 3.8) is 0 Å². The van der Waals surface area contributed by atoms with Gasteiger partial charge >= 0.3 is 0 Å². The molecule has 1 aliphatic heterocycles. The van der Waals surface area contributed by atoms with Crippen LogP contribution in [-0.4, -0.2) is 35.7 Å². The Kier molecular flexibility index (Phi) is 4.44. The molecule has 0 saturated carbocycles. The fourth-order valence-corrected chi connectivity index (χ4v) is 3.33. The number of hydrogen-bond acceptors (Lipinski definition) is 3. The quantitative estimate of drug-likeness (QED) is 0.917. The first kappa shape index (κ1) is 14.4. The van der Waals surface area contributed by atoms with Gasteiger partial charge in [0.2, 0.25) is 5.95 Å². The molecule has 0 atom stereocenters. The number of nitrogens with zero attached hydrogens (tertiary/aromatic N) is 3. The summed E-state index contributed by atoms with van der Waals surface area (Å²) in [6.07, 6.45) is 3.72. The van der Waals surface area contributed by atoms with E-state index in [2.05, 4.69) is 53.0 Å². The van der Waals surface area contributed by atoms with Crippen LogP contribution in [0.3, 0.4) is 0 Å². The molecule has 4 nitrogen and oxygen atoms in total. The lowest BCUT2D eigenvalue weighted by atomic mass is 9.97. The Labute approximate surface area is 127 Å². The first-order valence-corrected chi connectivity index (χ1v) is 8.16.